The van der Waals surface area contributed by atoms with E-state index in [-0.39, 0.29) is 65.5 Å². The van der Waals surface area contributed by atoms with E-state index in [4.69, 9.17) is 0 Å². The van der Waals surface area contributed by atoms with E-state index in [1.165, 1.54) is 13.8 Å². The van der Waals surface area contributed by atoms with Gasteiger partial charge in [0.25, 0.3) is 10.1 Å². The number of carboxylic acids is 2. The molecule has 0 saturated carbocycles. The van der Waals surface area contributed by atoms with Crippen molar-refractivity contribution in [2.45, 2.75) is 71.0 Å². The van der Waals surface area contributed by atoms with Gasteiger partial charge in [0, 0.05) is 11.9 Å². The number of hydrogen-bond acceptors (Lipinski definition) is 6. The minimum absolute atomic E-state index is 0. The molecule has 1 N–H and O–H groups in total. The Balaban J connectivity index is -0.00000264. The van der Waals surface area contributed by atoms with Crippen molar-refractivity contribution in [3.8, 4) is 0 Å². The van der Waals surface area contributed by atoms with Gasteiger partial charge in [0.1, 0.15) is 4.75 Å². The van der Waals surface area contributed by atoms with E-state index < -0.39 is 44.6 Å². The molecule has 0 saturated heterocycles. The number of carboxylic acid groups (broad SMARTS) is 2. The van der Waals surface area contributed by atoms with E-state index in [1.807, 2.05) is 13.8 Å². The average Bonchev–Trinajstić information content (AvgIpc) is 2.45. The van der Waals surface area contributed by atoms with Crippen LogP contribution < -0.4 is 69.3 Å². The summed E-state index contributed by atoms with van der Waals surface area (Å²) < 4.78 is 30.9. The molecule has 0 spiro atoms. The van der Waals surface area contributed by atoms with Crippen molar-refractivity contribution < 1.29 is 91.9 Å². The number of hydrogen-bond donors (Lipinski definition) is 1. The molecular weight excluding hydrogens is 382 g/mol. The Morgan fingerprint density at radius 3 is 1.73 bits per heavy atom. The molecule has 0 aromatic carbocycles. The summed E-state index contributed by atoms with van der Waals surface area (Å²) in [5, 5.41) is 23.6. The average molecular weight is 410 g/mol. The zero-order valence-electron chi connectivity index (χ0n) is 16.8. The third-order valence-electron chi connectivity index (χ3n) is 4.77. The Hall–Kier alpha value is 0.850. The van der Waals surface area contributed by atoms with Gasteiger partial charge in [-0.3, -0.25) is 4.55 Å². The van der Waals surface area contributed by atoms with Crippen molar-refractivity contribution in [3.63, 3.8) is 0 Å². The molecule has 0 aliphatic carbocycles. The molecule has 0 aliphatic heterocycles. The summed E-state index contributed by atoms with van der Waals surface area (Å²) in [6.45, 7) is 6.49. The second kappa shape index (κ2) is 13.9. The monoisotopic (exact) mass is 410 g/mol. The molecule has 0 bridgehead atoms. The zero-order valence-corrected chi connectivity index (χ0v) is 21.6. The Morgan fingerprint density at radius 2 is 1.42 bits per heavy atom. The van der Waals surface area contributed by atoms with Crippen LogP contribution in [0.15, 0.2) is 0 Å². The van der Waals surface area contributed by atoms with Crippen LogP contribution in [0.3, 0.4) is 0 Å². The fourth-order valence-corrected chi connectivity index (χ4v) is 4.89. The summed E-state index contributed by atoms with van der Waals surface area (Å²) in [5.74, 6) is -7.73. The Bertz CT molecular complexity index is 539. The van der Waals surface area contributed by atoms with Gasteiger partial charge in [-0.1, -0.05) is 59.8 Å². The first-order valence-electron chi connectivity index (χ1n) is 8.37. The van der Waals surface area contributed by atoms with E-state index >= 15 is 0 Å². The van der Waals surface area contributed by atoms with Gasteiger partial charge in [-0.25, -0.2) is 0 Å². The van der Waals surface area contributed by atoms with Crippen molar-refractivity contribution in [1.29, 1.82) is 0 Å². The maximum Gasteiger partial charge on any atom is 1.00 e. The molecular formula is C16H28Na2O7S. The van der Waals surface area contributed by atoms with Gasteiger partial charge in [0.05, 0.1) is 5.97 Å². The van der Waals surface area contributed by atoms with Crippen molar-refractivity contribution in [2.24, 2.45) is 17.8 Å². The SMILES string of the molecule is CCCCC(C)C(C(=O)[O-])C(C(=O)[O-])(C(C)CCCC)S(=O)(=O)O.[Na+].[Na+]. The molecule has 7 nitrogen and oxygen atoms in total. The van der Waals surface area contributed by atoms with Crippen molar-refractivity contribution in [1.82, 2.24) is 0 Å². The molecule has 0 aliphatic rings. The Labute approximate surface area is 201 Å². The predicted octanol–water partition coefficient (Wildman–Crippen LogP) is -5.61. The summed E-state index contributed by atoms with van der Waals surface area (Å²) in [6.07, 6.45) is 2.94. The predicted molar refractivity (Wildman–Crippen MR) is 85.2 cm³/mol. The van der Waals surface area contributed by atoms with Gasteiger partial charge >= 0.3 is 59.1 Å². The quantitative estimate of drug-likeness (QED) is 0.250. The first kappa shape index (κ1) is 31.5. The van der Waals surface area contributed by atoms with Crippen LogP contribution in [0.5, 0.6) is 0 Å². The first-order chi connectivity index (χ1) is 11.0. The van der Waals surface area contributed by atoms with Crippen LogP contribution in [0.4, 0.5) is 0 Å². The fourth-order valence-electron chi connectivity index (χ4n) is 3.40. The summed E-state index contributed by atoms with van der Waals surface area (Å²) in [4.78, 5) is 23.6. The van der Waals surface area contributed by atoms with Crippen molar-refractivity contribution in [3.05, 3.63) is 0 Å². The Kier molecular flexibility index (Phi) is 16.9. The van der Waals surface area contributed by atoms with Gasteiger partial charge in [-0.05, 0) is 18.3 Å². The minimum atomic E-state index is -5.25. The van der Waals surface area contributed by atoms with Crippen LogP contribution in [0.2, 0.25) is 0 Å². The standard InChI is InChI=1S/C16H30O7S.2Na/c1-5-7-9-11(3)13(14(17)18)16(15(19)20,24(21,22)23)12(4)10-8-6-2;;/h11-13H,5-10H2,1-4H3,(H,17,18)(H,19,20)(H,21,22,23);;/q;2*+1/p-2. The van der Waals surface area contributed by atoms with Gasteiger partial charge < -0.3 is 19.8 Å². The van der Waals surface area contributed by atoms with Crippen LogP contribution in [-0.2, 0) is 19.7 Å². The third kappa shape index (κ3) is 7.35. The number of aliphatic carboxylic acids is 2. The van der Waals surface area contributed by atoms with Crippen LogP contribution in [0, 0.1) is 17.8 Å². The van der Waals surface area contributed by atoms with E-state index in [2.05, 4.69) is 0 Å². The molecule has 0 rings (SSSR count). The third-order valence-corrected chi connectivity index (χ3v) is 6.44. The molecule has 0 heterocycles. The number of unbranched alkanes of at least 4 members (excludes halogenated alkanes) is 2. The summed E-state index contributed by atoms with van der Waals surface area (Å²) in [5.41, 5.74) is 0. The number of carbonyl (C=O) groups excluding carboxylic acids is 2. The molecule has 0 amide bonds. The topological polar surface area (TPSA) is 135 Å². The van der Waals surface area contributed by atoms with Gasteiger partial charge in [-0.15, -0.1) is 0 Å². The van der Waals surface area contributed by atoms with E-state index in [0.717, 1.165) is 6.42 Å². The first-order valence-corrected chi connectivity index (χ1v) is 9.81. The van der Waals surface area contributed by atoms with Crippen LogP contribution in [0.25, 0.3) is 0 Å². The van der Waals surface area contributed by atoms with Crippen molar-refractivity contribution >= 4 is 22.1 Å². The van der Waals surface area contributed by atoms with Gasteiger partial charge in [0.2, 0.25) is 0 Å². The smallest absolute Gasteiger partial charge is 0.550 e. The number of rotatable bonds is 12. The van der Waals surface area contributed by atoms with E-state index in [1.54, 1.807) is 0 Å². The molecule has 4 unspecified atom stereocenters. The zero-order chi connectivity index (χ0) is 19.1. The molecule has 4 atom stereocenters. The second-order valence-corrected chi connectivity index (χ2v) is 8.14. The molecule has 0 fully saturated rings. The molecule has 26 heavy (non-hydrogen) atoms. The van der Waals surface area contributed by atoms with Crippen LogP contribution in [-0.4, -0.2) is 29.7 Å². The molecule has 0 aromatic heterocycles. The maximum absolute atomic E-state index is 12.1. The minimum Gasteiger partial charge on any atom is -0.550 e. The summed E-state index contributed by atoms with van der Waals surface area (Å²) >= 11 is 0. The normalized spacial score (nSPS) is 17.0. The molecule has 142 valence electrons. The van der Waals surface area contributed by atoms with E-state index in [0.29, 0.717) is 25.7 Å². The van der Waals surface area contributed by atoms with Gasteiger partial charge in [-0.2, -0.15) is 8.42 Å². The summed E-state index contributed by atoms with van der Waals surface area (Å²) in [6, 6.07) is 0. The van der Waals surface area contributed by atoms with Crippen molar-refractivity contribution in [2.75, 3.05) is 0 Å². The maximum atomic E-state index is 12.1. The molecule has 0 radical (unpaired) electrons. The summed E-state index contributed by atoms with van der Waals surface area (Å²) in [7, 11) is -5.25. The van der Waals surface area contributed by atoms with E-state index in [9.17, 15) is 32.8 Å². The number of carbonyl (C=O) groups is 2. The Morgan fingerprint density at radius 1 is 1.00 bits per heavy atom. The van der Waals surface area contributed by atoms with Crippen LogP contribution in [0.1, 0.15) is 66.2 Å². The fraction of sp³-hybridized carbons (Fsp3) is 0.875. The van der Waals surface area contributed by atoms with Crippen LogP contribution >= 0.6 is 0 Å². The molecule has 0 aromatic rings. The largest absolute Gasteiger partial charge is 1.00 e. The van der Waals surface area contributed by atoms with Gasteiger partial charge in [0.15, 0.2) is 0 Å². The second-order valence-electron chi connectivity index (χ2n) is 6.52. The molecule has 10 heteroatoms.